The molecule has 172 valence electrons. The Morgan fingerprint density at radius 2 is 1.44 bits per heavy atom. The van der Waals surface area contributed by atoms with Gasteiger partial charge in [-0.15, -0.1) is 0 Å². The molecule has 0 aliphatic carbocycles. The van der Waals surface area contributed by atoms with E-state index in [0.717, 1.165) is 25.7 Å². The average molecular weight is 432 g/mol. The first-order chi connectivity index (χ1) is 15.5. The van der Waals surface area contributed by atoms with E-state index >= 15 is 0 Å². The van der Waals surface area contributed by atoms with Crippen molar-refractivity contribution < 1.29 is 0 Å². The average Bonchev–Trinajstić information content (AvgIpc) is 3.30. The van der Waals surface area contributed by atoms with Crippen LogP contribution < -0.4 is 5.73 Å². The van der Waals surface area contributed by atoms with Crippen molar-refractivity contribution in [2.45, 2.75) is 85.6 Å². The highest BCUT2D eigenvalue weighted by molar-refractivity contribution is 5.62. The van der Waals surface area contributed by atoms with Crippen LogP contribution in [0.5, 0.6) is 0 Å². The maximum atomic E-state index is 6.01. The normalized spacial score (nSPS) is 12.2. The van der Waals surface area contributed by atoms with E-state index in [9.17, 15) is 0 Å². The lowest BCUT2D eigenvalue weighted by Crippen LogP contribution is -2.18. The summed E-state index contributed by atoms with van der Waals surface area (Å²) in [6.45, 7) is 11.0. The summed E-state index contributed by atoms with van der Waals surface area (Å²) in [5.41, 5.74) is 16.1. The van der Waals surface area contributed by atoms with Gasteiger partial charge in [-0.25, -0.2) is 0 Å². The largest absolute Gasteiger partial charge is 0.328 e. The molecule has 3 heteroatoms. The van der Waals surface area contributed by atoms with Gasteiger partial charge in [-0.1, -0.05) is 52.7 Å². The summed E-state index contributed by atoms with van der Waals surface area (Å²) in [4.78, 5) is 0. The highest BCUT2D eigenvalue weighted by Crippen LogP contribution is 2.26. The molecule has 0 spiro atoms. The molecule has 0 aliphatic heterocycles. The van der Waals surface area contributed by atoms with Gasteiger partial charge in [0.05, 0.1) is 0 Å². The van der Waals surface area contributed by atoms with Crippen molar-refractivity contribution in [2.24, 2.45) is 5.73 Å². The second kappa shape index (κ2) is 11.4. The number of hydrogen-bond acceptors (Lipinski definition) is 1. The van der Waals surface area contributed by atoms with E-state index in [1.807, 2.05) is 0 Å². The summed E-state index contributed by atoms with van der Waals surface area (Å²) in [5, 5.41) is 0. The molecule has 2 N–H and O–H groups in total. The Balaban J connectivity index is 0.000000186. The number of aromatic nitrogens is 2. The smallest absolute Gasteiger partial charge is 0.0488 e. The minimum Gasteiger partial charge on any atom is -0.328 e. The fraction of sp³-hybridized carbons (Fsp3) is 0.448. The molecule has 0 aliphatic rings. The first-order valence-electron chi connectivity index (χ1n) is 12.5. The monoisotopic (exact) mass is 431 g/mol. The van der Waals surface area contributed by atoms with Gasteiger partial charge in [0.25, 0.3) is 0 Å². The van der Waals surface area contributed by atoms with Gasteiger partial charge in [0, 0.05) is 40.9 Å². The number of nitrogens with zero attached hydrogens (tertiary/aromatic N) is 2. The van der Waals surface area contributed by atoms with E-state index < -0.39 is 0 Å². The third-order valence-corrected chi connectivity index (χ3v) is 6.28. The lowest BCUT2D eigenvalue weighted by Gasteiger charge is -2.07. The lowest BCUT2D eigenvalue weighted by atomic mass is 9.99. The van der Waals surface area contributed by atoms with Gasteiger partial charge in [-0.3, -0.25) is 0 Å². The molecule has 4 aromatic rings. The molecule has 0 radical (unpaired) electrons. The molecule has 0 saturated heterocycles. The molecule has 0 fully saturated rings. The Morgan fingerprint density at radius 3 is 2.06 bits per heavy atom. The van der Waals surface area contributed by atoms with Crippen LogP contribution in [0.25, 0.3) is 11.0 Å². The lowest BCUT2D eigenvalue weighted by molar-refractivity contribution is 0.735. The van der Waals surface area contributed by atoms with Crippen molar-refractivity contribution in [1.29, 1.82) is 0 Å². The zero-order valence-corrected chi connectivity index (χ0v) is 20.7. The minimum atomic E-state index is 0.219. The van der Waals surface area contributed by atoms with Gasteiger partial charge in [0.2, 0.25) is 0 Å². The fourth-order valence-corrected chi connectivity index (χ4v) is 4.93. The number of pyridine rings is 2. The molecule has 4 heterocycles. The zero-order valence-electron chi connectivity index (χ0n) is 20.7. The van der Waals surface area contributed by atoms with Crippen molar-refractivity contribution in [3.05, 3.63) is 82.9 Å². The molecular weight excluding hydrogens is 390 g/mol. The zero-order chi connectivity index (χ0) is 23.1. The SMILES string of the molecule is CCCc1c(CC)c(CC(C)N)c2ccccn12.CCCc1c(CC)cc2ccccn12. The molecule has 4 aromatic heterocycles. The summed E-state index contributed by atoms with van der Waals surface area (Å²) < 4.78 is 4.68. The van der Waals surface area contributed by atoms with E-state index in [4.69, 9.17) is 5.73 Å². The predicted octanol–water partition coefficient (Wildman–Crippen LogP) is 6.80. The summed E-state index contributed by atoms with van der Waals surface area (Å²) in [7, 11) is 0. The Labute approximate surface area is 194 Å². The second-order valence-corrected chi connectivity index (χ2v) is 8.86. The molecule has 0 bridgehead atoms. The van der Waals surface area contributed by atoms with Gasteiger partial charge >= 0.3 is 0 Å². The summed E-state index contributed by atoms with van der Waals surface area (Å²) in [6, 6.07) is 15.4. The third kappa shape index (κ3) is 5.10. The fourth-order valence-electron chi connectivity index (χ4n) is 4.93. The van der Waals surface area contributed by atoms with Crippen LogP contribution >= 0.6 is 0 Å². The Hall–Kier alpha value is -2.52. The quantitative estimate of drug-likeness (QED) is 0.327. The van der Waals surface area contributed by atoms with E-state index in [1.54, 1.807) is 0 Å². The van der Waals surface area contributed by atoms with E-state index in [1.165, 1.54) is 58.4 Å². The van der Waals surface area contributed by atoms with E-state index in [-0.39, 0.29) is 6.04 Å². The van der Waals surface area contributed by atoms with Crippen LogP contribution in [0.2, 0.25) is 0 Å². The molecule has 32 heavy (non-hydrogen) atoms. The van der Waals surface area contributed by atoms with Crippen molar-refractivity contribution in [3.8, 4) is 0 Å². The highest BCUT2D eigenvalue weighted by Gasteiger charge is 2.16. The van der Waals surface area contributed by atoms with Gasteiger partial charge in [-0.2, -0.15) is 0 Å². The summed E-state index contributed by atoms with van der Waals surface area (Å²) in [6.07, 6.45) is 12.3. The van der Waals surface area contributed by atoms with Crippen LogP contribution in [-0.2, 0) is 32.1 Å². The van der Waals surface area contributed by atoms with Crippen molar-refractivity contribution in [3.63, 3.8) is 0 Å². The number of fused-ring (bicyclic) bond motifs is 2. The van der Waals surface area contributed by atoms with Crippen LogP contribution in [0.3, 0.4) is 0 Å². The van der Waals surface area contributed by atoms with Crippen LogP contribution in [0.4, 0.5) is 0 Å². The molecule has 0 saturated carbocycles. The maximum Gasteiger partial charge on any atom is 0.0488 e. The molecular formula is C29H41N3. The molecule has 0 amide bonds. The highest BCUT2D eigenvalue weighted by atomic mass is 14.9. The number of aryl methyl sites for hydroxylation is 3. The molecule has 0 aromatic carbocycles. The Morgan fingerprint density at radius 1 is 0.781 bits per heavy atom. The van der Waals surface area contributed by atoms with Crippen molar-refractivity contribution >= 4 is 11.0 Å². The summed E-state index contributed by atoms with van der Waals surface area (Å²) in [5.74, 6) is 0. The van der Waals surface area contributed by atoms with E-state index in [2.05, 4.69) is 98.3 Å². The summed E-state index contributed by atoms with van der Waals surface area (Å²) >= 11 is 0. The molecule has 3 nitrogen and oxygen atoms in total. The Bertz CT molecular complexity index is 1130. The maximum absolute atomic E-state index is 6.01. The molecule has 1 unspecified atom stereocenters. The van der Waals surface area contributed by atoms with Crippen LogP contribution in [-0.4, -0.2) is 14.8 Å². The van der Waals surface area contributed by atoms with Gasteiger partial charge in [-0.05, 0) is 86.1 Å². The van der Waals surface area contributed by atoms with Gasteiger partial charge in [0.15, 0.2) is 0 Å². The van der Waals surface area contributed by atoms with Crippen molar-refractivity contribution in [2.75, 3.05) is 0 Å². The van der Waals surface area contributed by atoms with Gasteiger partial charge < -0.3 is 14.5 Å². The van der Waals surface area contributed by atoms with E-state index in [0.29, 0.717) is 0 Å². The van der Waals surface area contributed by atoms with Gasteiger partial charge in [0.1, 0.15) is 0 Å². The second-order valence-electron chi connectivity index (χ2n) is 8.86. The number of hydrogen-bond donors (Lipinski definition) is 1. The topological polar surface area (TPSA) is 34.8 Å². The third-order valence-electron chi connectivity index (χ3n) is 6.28. The molecule has 1 atom stereocenters. The standard InChI is InChI=1S/C16H24N2.C13H17N/c1-4-8-15-13(5-2)14(11-12(3)17)16-9-6-7-10-18(15)16;1-3-7-13-11(4-2)10-12-8-5-6-9-14(12)13/h6-7,9-10,12H,4-5,8,11,17H2,1-3H3;5-6,8-10H,3-4,7H2,1-2H3. The minimum absolute atomic E-state index is 0.219. The first-order valence-corrected chi connectivity index (χ1v) is 12.5. The van der Waals surface area contributed by atoms with Crippen LogP contribution in [0, 0.1) is 0 Å². The predicted molar refractivity (Wildman–Crippen MR) is 139 cm³/mol. The van der Waals surface area contributed by atoms with Crippen molar-refractivity contribution in [1.82, 2.24) is 8.80 Å². The molecule has 4 rings (SSSR count). The first kappa shape index (κ1) is 24.1. The number of nitrogens with two attached hydrogens (primary N) is 1. The number of rotatable bonds is 8. The van der Waals surface area contributed by atoms with Crippen LogP contribution in [0.15, 0.2) is 54.9 Å². The van der Waals surface area contributed by atoms with Crippen LogP contribution in [0.1, 0.15) is 75.5 Å². The Kier molecular flexibility index (Phi) is 8.58.